The van der Waals surface area contributed by atoms with E-state index in [-0.39, 0.29) is 34.0 Å². The van der Waals surface area contributed by atoms with Gasteiger partial charge in [0.25, 0.3) is 0 Å². The molecule has 0 saturated heterocycles. The standard InChI is InChI=1S/C15H12Cl6N2O2/c16-14(17,18)13(15(19,20)21,7-1-3-11(24)9(22)5-7)8-2-4-12(25)10(23)6-8/h1-6,24-25H,22-23H2. The van der Waals surface area contributed by atoms with E-state index >= 15 is 0 Å². The molecule has 10 heteroatoms. The Bertz CT molecular complexity index is 734. The average Bonchev–Trinajstić information content (AvgIpc) is 2.44. The number of alkyl halides is 6. The van der Waals surface area contributed by atoms with Crippen molar-refractivity contribution in [3.8, 4) is 11.5 Å². The molecule has 0 amide bonds. The predicted octanol–water partition coefficient (Wildman–Crippen LogP) is 5.29. The Labute approximate surface area is 174 Å². The first-order valence-corrected chi connectivity index (χ1v) is 8.90. The van der Waals surface area contributed by atoms with Crippen LogP contribution in [-0.4, -0.2) is 17.8 Å². The molecular formula is C15H12Cl6N2O2. The number of hydrogen-bond donors (Lipinski definition) is 4. The first kappa shape index (κ1) is 20.7. The summed E-state index contributed by atoms with van der Waals surface area (Å²) in [6.07, 6.45) is 0. The third-order valence-corrected chi connectivity index (χ3v) is 5.47. The summed E-state index contributed by atoms with van der Waals surface area (Å²) < 4.78 is -4.35. The number of benzene rings is 2. The zero-order chi connectivity index (χ0) is 19.2. The maximum atomic E-state index is 9.69. The van der Waals surface area contributed by atoms with Crippen LogP contribution in [0.5, 0.6) is 11.5 Å². The van der Waals surface area contributed by atoms with Gasteiger partial charge in [-0.15, -0.1) is 0 Å². The summed E-state index contributed by atoms with van der Waals surface area (Å²) in [5.74, 6) is -0.368. The Morgan fingerprint density at radius 2 is 0.960 bits per heavy atom. The second-order valence-electron chi connectivity index (χ2n) is 5.29. The van der Waals surface area contributed by atoms with Crippen molar-refractivity contribution in [3.63, 3.8) is 0 Å². The molecule has 0 atom stereocenters. The highest BCUT2D eigenvalue weighted by molar-refractivity contribution is 6.74. The molecule has 0 unspecified atom stereocenters. The van der Waals surface area contributed by atoms with Gasteiger partial charge in [-0.1, -0.05) is 81.7 Å². The lowest BCUT2D eigenvalue weighted by Gasteiger charge is -2.45. The predicted molar refractivity (Wildman–Crippen MR) is 106 cm³/mol. The number of anilines is 2. The number of nitrogens with two attached hydrogens (primary N) is 2. The molecule has 0 heterocycles. The Morgan fingerprint density at radius 3 is 1.20 bits per heavy atom. The van der Waals surface area contributed by atoms with Gasteiger partial charge in [-0.3, -0.25) is 0 Å². The van der Waals surface area contributed by atoms with Crippen molar-refractivity contribution in [2.24, 2.45) is 0 Å². The second-order valence-corrected chi connectivity index (χ2v) is 9.86. The van der Waals surface area contributed by atoms with Gasteiger partial charge in [-0.2, -0.15) is 0 Å². The van der Waals surface area contributed by atoms with Crippen molar-refractivity contribution in [1.82, 2.24) is 0 Å². The number of aromatic hydroxyl groups is 2. The zero-order valence-corrected chi connectivity index (χ0v) is 16.8. The summed E-state index contributed by atoms with van der Waals surface area (Å²) in [6.45, 7) is 0. The second kappa shape index (κ2) is 6.84. The van der Waals surface area contributed by atoms with Crippen molar-refractivity contribution >= 4 is 81.0 Å². The van der Waals surface area contributed by atoms with Gasteiger partial charge < -0.3 is 21.7 Å². The van der Waals surface area contributed by atoms with E-state index in [4.69, 9.17) is 81.1 Å². The number of hydrogen-bond acceptors (Lipinski definition) is 4. The SMILES string of the molecule is Nc1cc(C(c2ccc(O)c(N)c2)(C(Cl)(Cl)Cl)C(Cl)(Cl)Cl)ccc1O. The molecule has 0 aromatic heterocycles. The van der Waals surface area contributed by atoms with Gasteiger partial charge in [-0.25, -0.2) is 0 Å². The molecule has 136 valence electrons. The van der Waals surface area contributed by atoms with Crippen LogP contribution in [-0.2, 0) is 5.41 Å². The van der Waals surface area contributed by atoms with E-state index in [2.05, 4.69) is 0 Å². The molecule has 0 fully saturated rings. The highest BCUT2D eigenvalue weighted by Crippen LogP contribution is 2.62. The van der Waals surface area contributed by atoms with Gasteiger partial charge in [0, 0.05) is 0 Å². The smallest absolute Gasteiger partial charge is 0.208 e. The van der Waals surface area contributed by atoms with E-state index in [9.17, 15) is 10.2 Å². The molecule has 0 aliphatic rings. The monoisotopic (exact) mass is 462 g/mol. The first-order valence-electron chi connectivity index (χ1n) is 6.63. The molecule has 2 aromatic rings. The van der Waals surface area contributed by atoms with Crippen molar-refractivity contribution in [2.75, 3.05) is 11.5 Å². The largest absolute Gasteiger partial charge is 0.506 e. The Morgan fingerprint density at radius 1 is 0.640 bits per heavy atom. The molecule has 0 aliphatic carbocycles. The van der Waals surface area contributed by atoms with Crippen LogP contribution in [0.15, 0.2) is 36.4 Å². The van der Waals surface area contributed by atoms with E-state index in [1.54, 1.807) is 0 Å². The molecule has 0 saturated carbocycles. The Kier molecular flexibility index (Phi) is 5.66. The van der Waals surface area contributed by atoms with Crippen LogP contribution in [0.3, 0.4) is 0 Å². The summed E-state index contributed by atoms with van der Waals surface area (Å²) in [7, 11) is 0. The zero-order valence-electron chi connectivity index (χ0n) is 12.3. The minimum atomic E-state index is -2.18. The molecule has 6 N–H and O–H groups in total. The molecule has 4 nitrogen and oxygen atoms in total. The van der Waals surface area contributed by atoms with Crippen LogP contribution < -0.4 is 11.5 Å². The van der Waals surface area contributed by atoms with Crippen molar-refractivity contribution < 1.29 is 10.2 Å². The fourth-order valence-electron chi connectivity index (χ4n) is 2.56. The first-order chi connectivity index (χ1) is 11.3. The fourth-order valence-corrected chi connectivity index (χ4v) is 5.15. The van der Waals surface area contributed by atoms with Crippen LogP contribution in [0.1, 0.15) is 11.1 Å². The third-order valence-electron chi connectivity index (χ3n) is 3.77. The number of phenolic OH excluding ortho intramolecular Hbond substituents is 2. The molecule has 2 aromatic carbocycles. The highest BCUT2D eigenvalue weighted by Gasteiger charge is 2.63. The van der Waals surface area contributed by atoms with E-state index < -0.39 is 13.0 Å². The van der Waals surface area contributed by atoms with Crippen molar-refractivity contribution in [1.29, 1.82) is 0 Å². The number of nitrogen functional groups attached to an aromatic ring is 2. The molecule has 0 bridgehead atoms. The molecular weight excluding hydrogens is 453 g/mol. The van der Waals surface area contributed by atoms with Gasteiger partial charge >= 0.3 is 0 Å². The normalized spacial score (nSPS) is 13.0. The maximum Gasteiger partial charge on any atom is 0.208 e. The average molecular weight is 465 g/mol. The van der Waals surface area contributed by atoms with Crippen LogP contribution in [0.25, 0.3) is 0 Å². The third kappa shape index (κ3) is 3.48. The van der Waals surface area contributed by atoms with E-state index in [1.807, 2.05) is 0 Å². The number of phenols is 2. The van der Waals surface area contributed by atoms with Crippen LogP contribution in [0.4, 0.5) is 11.4 Å². The molecule has 25 heavy (non-hydrogen) atoms. The summed E-state index contributed by atoms with van der Waals surface area (Å²) >= 11 is 37.6. The summed E-state index contributed by atoms with van der Waals surface area (Å²) in [4.78, 5) is 0. The molecule has 2 rings (SSSR count). The molecule has 0 aliphatic heterocycles. The maximum absolute atomic E-state index is 9.69. The van der Waals surface area contributed by atoms with E-state index in [1.165, 1.54) is 36.4 Å². The van der Waals surface area contributed by atoms with Gasteiger partial charge in [0.05, 0.1) is 11.4 Å². The quantitative estimate of drug-likeness (QED) is 0.276. The topological polar surface area (TPSA) is 92.5 Å². The fraction of sp³-hybridized carbons (Fsp3) is 0.200. The van der Waals surface area contributed by atoms with Crippen molar-refractivity contribution in [3.05, 3.63) is 47.5 Å². The lowest BCUT2D eigenvalue weighted by molar-refractivity contribution is 0.474. The molecule has 0 spiro atoms. The van der Waals surface area contributed by atoms with Gasteiger partial charge in [0.1, 0.15) is 16.9 Å². The number of rotatable bonds is 2. The molecule has 0 radical (unpaired) electrons. The lowest BCUT2D eigenvalue weighted by atomic mass is 9.76. The lowest BCUT2D eigenvalue weighted by Crippen LogP contribution is -2.51. The summed E-state index contributed by atoms with van der Waals surface area (Å²) in [5, 5.41) is 19.4. The summed E-state index contributed by atoms with van der Waals surface area (Å²) in [6, 6.07) is 8.08. The van der Waals surface area contributed by atoms with Gasteiger partial charge in [-0.05, 0) is 35.4 Å². The van der Waals surface area contributed by atoms with Crippen LogP contribution >= 0.6 is 69.6 Å². The van der Waals surface area contributed by atoms with Crippen LogP contribution in [0.2, 0.25) is 0 Å². The highest BCUT2D eigenvalue weighted by atomic mass is 35.6. The minimum Gasteiger partial charge on any atom is -0.506 e. The van der Waals surface area contributed by atoms with Crippen LogP contribution in [0, 0.1) is 0 Å². The van der Waals surface area contributed by atoms with E-state index in [0.29, 0.717) is 0 Å². The van der Waals surface area contributed by atoms with E-state index in [0.717, 1.165) is 0 Å². The summed E-state index contributed by atoms with van der Waals surface area (Å²) in [5.41, 5.74) is 10.1. The van der Waals surface area contributed by atoms with Crippen molar-refractivity contribution in [2.45, 2.75) is 13.0 Å². The Balaban J connectivity index is 2.96. The van der Waals surface area contributed by atoms with Gasteiger partial charge in [0.2, 0.25) is 7.59 Å². The minimum absolute atomic E-state index is 0.00266. The Hall–Kier alpha value is -0.620. The van der Waals surface area contributed by atoms with Gasteiger partial charge in [0.15, 0.2) is 0 Å². The number of halogens is 6.